The number of carbonyl (C=O) groups excluding carboxylic acids is 1. The molecule has 1 aliphatic rings. The first-order valence-corrected chi connectivity index (χ1v) is 8.24. The molecule has 0 spiro atoms. The number of nitrogens with one attached hydrogen (secondary N) is 1. The highest BCUT2D eigenvalue weighted by Gasteiger charge is 2.34. The second-order valence-corrected chi connectivity index (χ2v) is 6.25. The molecule has 0 saturated carbocycles. The maximum atomic E-state index is 13.2. The van der Waals surface area contributed by atoms with E-state index in [1.807, 2.05) is 12.1 Å². The molecule has 2 heterocycles. The van der Waals surface area contributed by atoms with Crippen LogP contribution in [-0.2, 0) is 0 Å². The van der Waals surface area contributed by atoms with E-state index in [1.165, 1.54) is 12.1 Å². The zero-order valence-corrected chi connectivity index (χ0v) is 14.2. The van der Waals surface area contributed by atoms with Gasteiger partial charge < -0.3 is 15.5 Å². The van der Waals surface area contributed by atoms with Crippen LogP contribution in [0.5, 0.6) is 11.5 Å². The topological polar surface area (TPSA) is 85.7 Å². The normalized spacial score (nSPS) is 16.1. The van der Waals surface area contributed by atoms with Gasteiger partial charge in [0.25, 0.3) is 5.91 Å². The van der Waals surface area contributed by atoms with E-state index < -0.39 is 11.9 Å². The Morgan fingerprint density at radius 1 is 1.08 bits per heavy atom. The number of carbonyl (C=O) groups is 1. The number of amides is 1. The maximum absolute atomic E-state index is 13.2. The Morgan fingerprint density at radius 2 is 1.81 bits per heavy atom. The fourth-order valence-corrected chi connectivity index (χ4v) is 3.24. The number of phenols is 2. The molecule has 6 nitrogen and oxygen atoms in total. The number of rotatable bonds is 2. The molecular formula is C19H14ClN3O3. The first kappa shape index (κ1) is 16.2. The number of halogens is 1. The highest BCUT2D eigenvalue weighted by Crippen LogP contribution is 2.41. The standard InChI is InChI=1S/C19H14ClN3O3/c20-14-9-11(10-16(24)17(14)25)18-22-15-4-2-1-3-13(15)19(26)23(18)12-5-7-21-8-6-12/h1-10,18,22,24-25H/t18-/m1/s1. The SMILES string of the molecule is O=C1c2ccccc2N[C@@H](c2cc(O)c(O)c(Cl)c2)N1c1ccncc1. The zero-order chi connectivity index (χ0) is 18.3. The Morgan fingerprint density at radius 3 is 2.54 bits per heavy atom. The summed E-state index contributed by atoms with van der Waals surface area (Å²) in [5.41, 5.74) is 2.39. The highest BCUT2D eigenvalue weighted by molar-refractivity contribution is 6.32. The van der Waals surface area contributed by atoms with E-state index in [9.17, 15) is 15.0 Å². The molecule has 3 N–H and O–H groups in total. The summed E-state index contributed by atoms with van der Waals surface area (Å²) in [7, 11) is 0. The Hall–Kier alpha value is -3.25. The average Bonchev–Trinajstić information content (AvgIpc) is 2.66. The Labute approximate surface area is 154 Å². The summed E-state index contributed by atoms with van der Waals surface area (Å²) in [6.45, 7) is 0. The molecular weight excluding hydrogens is 354 g/mol. The van der Waals surface area contributed by atoms with E-state index in [0.29, 0.717) is 22.5 Å². The summed E-state index contributed by atoms with van der Waals surface area (Å²) >= 11 is 6.02. The minimum atomic E-state index is -0.621. The molecule has 0 aliphatic carbocycles. The van der Waals surface area contributed by atoms with Gasteiger partial charge >= 0.3 is 0 Å². The summed E-state index contributed by atoms with van der Waals surface area (Å²) in [6, 6.07) is 13.5. The maximum Gasteiger partial charge on any atom is 0.262 e. The second-order valence-electron chi connectivity index (χ2n) is 5.84. The van der Waals surface area contributed by atoms with Gasteiger partial charge in [-0.3, -0.25) is 14.7 Å². The molecule has 0 saturated heterocycles. The number of pyridine rings is 1. The quantitative estimate of drug-likeness (QED) is 0.598. The van der Waals surface area contributed by atoms with Crippen molar-refractivity contribution in [3.05, 3.63) is 77.1 Å². The lowest BCUT2D eigenvalue weighted by atomic mass is 10.0. The Kier molecular flexibility index (Phi) is 3.89. The zero-order valence-electron chi connectivity index (χ0n) is 13.4. The molecule has 7 heteroatoms. The van der Waals surface area contributed by atoms with Crippen molar-refractivity contribution >= 4 is 28.9 Å². The van der Waals surface area contributed by atoms with Crippen LogP contribution in [0.25, 0.3) is 0 Å². The lowest BCUT2D eigenvalue weighted by molar-refractivity contribution is 0.0975. The fraction of sp³-hybridized carbons (Fsp3) is 0.0526. The lowest BCUT2D eigenvalue weighted by Crippen LogP contribution is -2.43. The van der Waals surface area contributed by atoms with Crippen molar-refractivity contribution in [1.82, 2.24) is 4.98 Å². The summed E-state index contributed by atoms with van der Waals surface area (Å²) in [5.74, 6) is -0.942. The largest absolute Gasteiger partial charge is 0.504 e. The summed E-state index contributed by atoms with van der Waals surface area (Å²) < 4.78 is 0. The smallest absolute Gasteiger partial charge is 0.262 e. The van der Waals surface area contributed by atoms with Gasteiger partial charge in [-0.15, -0.1) is 0 Å². The molecule has 1 aromatic heterocycles. The van der Waals surface area contributed by atoms with Gasteiger partial charge in [-0.2, -0.15) is 0 Å². The van der Waals surface area contributed by atoms with Gasteiger partial charge in [0.05, 0.1) is 10.6 Å². The minimum absolute atomic E-state index is 0.00258. The number of aromatic hydroxyl groups is 2. The number of benzene rings is 2. The van der Waals surface area contributed by atoms with Gasteiger partial charge in [0.15, 0.2) is 11.5 Å². The van der Waals surface area contributed by atoms with E-state index in [-0.39, 0.29) is 16.7 Å². The van der Waals surface area contributed by atoms with E-state index in [1.54, 1.807) is 41.6 Å². The van der Waals surface area contributed by atoms with E-state index in [0.717, 1.165) is 0 Å². The van der Waals surface area contributed by atoms with Crippen molar-refractivity contribution in [2.75, 3.05) is 10.2 Å². The first-order valence-electron chi connectivity index (χ1n) is 7.87. The summed E-state index contributed by atoms with van der Waals surface area (Å²) in [4.78, 5) is 18.7. The predicted molar refractivity (Wildman–Crippen MR) is 98.6 cm³/mol. The monoisotopic (exact) mass is 367 g/mol. The molecule has 0 radical (unpaired) electrons. The number of hydrogen-bond acceptors (Lipinski definition) is 5. The molecule has 1 atom stereocenters. The van der Waals surface area contributed by atoms with Crippen LogP contribution in [-0.4, -0.2) is 21.1 Å². The van der Waals surface area contributed by atoms with Crippen molar-refractivity contribution in [2.45, 2.75) is 6.17 Å². The Balaban J connectivity index is 1.89. The van der Waals surface area contributed by atoms with Crippen LogP contribution < -0.4 is 10.2 Å². The van der Waals surface area contributed by atoms with Crippen molar-refractivity contribution in [3.8, 4) is 11.5 Å². The van der Waals surface area contributed by atoms with Crippen LogP contribution in [0.3, 0.4) is 0 Å². The van der Waals surface area contributed by atoms with Gasteiger partial charge in [0, 0.05) is 29.3 Å². The number of fused-ring (bicyclic) bond motifs is 1. The van der Waals surface area contributed by atoms with Crippen LogP contribution in [0.1, 0.15) is 22.1 Å². The number of phenolic OH excluding ortho intramolecular Hbond substituents is 2. The third kappa shape index (κ3) is 2.60. The molecule has 3 aromatic rings. The average molecular weight is 368 g/mol. The highest BCUT2D eigenvalue weighted by atomic mass is 35.5. The van der Waals surface area contributed by atoms with Crippen molar-refractivity contribution in [1.29, 1.82) is 0 Å². The molecule has 26 heavy (non-hydrogen) atoms. The molecule has 0 unspecified atom stereocenters. The molecule has 4 rings (SSSR count). The third-order valence-electron chi connectivity index (χ3n) is 4.25. The van der Waals surface area contributed by atoms with Crippen molar-refractivity contribution in [3.63, 3.8) is 0 Å². The number of nitrogens with zero attached hydrogens (tertiary/aromatic N) is 2. The van der Waals surface area contributed by atoms with Crippen molar-refractivity contribution < 1.29 is 15.0 Å². The fourth-order valence-electron chi connectivity index (χ4n) is 3.02. The summed E-state index contributed by atoms with van der Waals surface area (Å²) in [5, 5.41) is 23.0. The van der Waals surface area contributed by atoms with Gasteiger partial charge in [0.2, 0.25) is 0 Å². The second kappa shape index (κ2) is 6.24. The minimum Gasteiger partial charge on any atom is -0.504 e. The molecule has 2 aromatic carbocycles. The number of aromatic nitrogens is 1. The molecule has 0 fully saturated rings. The van der Waals surface area contributed by atoms with E-state index in [4.69, 9.17) is 11.6 Å². The third-order valence-corrected chi connectivity index (χ3v) is 4.54. The number of anilines is 2. The van der Waals surface area contributed by atoms with Crippen molar-refractivity contribution in [2.24, 2.45) is 0 Å². The predicted octanol–water partition coefficient (Wildman–Crippen LogP) is 3.92. The first-order chi connectivity index (χ1) is 12.6. The van der Waals surface area contributed by atoms with Crippen LogP contribution >= 0.6 is 11.6 Å². The lowest BCUT2D eigenvalue weighted by Gasteiger charge is -2.38. The van der Waals surface area contributed by atoms with E-state index >= 15 is 0 Å². The van der Waals surface area contributed by atoms with E-state index in [2.05, 4.69) is 10.3 Å². The van der Waals surface area contributed by atoms with Crippen LogP contribution in [0, 0.1) is 0 Å². The van der Waals surface area contributed by atoms with Crippen LogP contribution in [0.2, 0.25) is 5.02 Å². The summed E-state index contributed by atoms with van der Waals surface area (Å²) in [6.07, 6.45) is 2.58. The molecule has 1 aliphatic heterocycles. The van der Waals surface area contributed by atoms with Gasteiger partial charge in [-0.1, -0.05) is 23.7 Å². The van der Waals surface area contributed by atoms with Crippen LogP contribution in [0.4, 0.5) is 11.4 Å². The van der Waals surface area contributed by atoms with Gasteiger partial charge in [0.1, 0.15) is 6.17 Å². The molecule has 0 bridgehead atoms. The van der Waals surface area contributed by atoms with Gasteiger partial charge in [-0.05, 0) is 36.4 Å². The molecule has 130 valence electrons. The number of hydrogen-bond donors (Lipinski definition) is 3. The molecule has 1 amide bonds. The van der Waals surface area contributed by atoms with Gasteiger partial charge in [-0.25, -0.2) is 0 Å². The van der Waals surface area contributed by atoms with Crippen LogP contribution in [0.15, 0.2) is 60.9 Å². The Bertz CT molecular complexity index is 971. The number of para-hydroxylation sites is 1.